The van der Waals surface area contributed by atoms with Crippen molar-refractivity contribution in [1.82, 2.24) is 20.5 Å². The molecule has 0 unspecified atom stereocenters. The molecule has 174 valence electrons. The third-order valence-corrected chi connectivity index (χ3v) is 7.05. The van der Waals surface area contributed by atoms with Crippen molar-refractivity contribution in [2.75, 3.05) is 21.3 Å². The summed E-state index contributed by atoms with van der Waals surface area (Å²) >= 11 is 0. The number of carbonyl (C=O) groups is 1. The number of benzene rings is 2. The second kappa shape index (κ2) is 7.83. The van der Waals surface area contributed by atoms with E-state index in [1.165, 1.54) is 5.56 Å². The normalized spacial score (nSPS) is 16.0. The molecule has 2 heterocycles. The first kappa shape index (κ1) is 20.7. The lowest BCUT2D eigenvalue weighted by atomic mass is 9.91. The fourth-order valence-electron chi connectivity index (χ4n) is 5.37. The minimum Gasteiger partial charge on any atom is -0.497 e. The summed E-state index contributed by atoms with van der Waals surface area (Å²) in [5.74, 6) is 2.01. The molecule has 8 nitrogen and oxygen atoms in total. The molecule has 0 bridgehead atoms. The third-order valence-electron chi connectivity index (χ3n) is 7.05. The molecule has 6 rings (SSSR count). The Balaban J connectivity index is 1.30. The molecule has 2 aromatic heterocycles. The Morgan fingerprint density at radius 2 is 1.88 bits per heavy atom. The first-order valence-electron chi connectivity index (χ1n) is 11.4. The molecule has 0 fully saturated rings. The molecule has 34 heavy (non-hydrogen) atoms. The summed E-state index contributed by atoms with van der Waals surface area (Å²) in [5.41, 5.74) is 7.64. The van der Waals surface area contributed by atoms with E-state index in [2.05, 4.69) is 26.6 Å². The summed E-state index contributed by atoms with van der Waals surface area (Å²) in [6, 6.07) is 9.85. The Hall–Kier alpha value is -3.94. The minimum atomic E-state index is -0.144. The van der Waals surface area contributed by atoms with E-state index >= 15 is 0 Å². The number of hydrogen-bond donors (Lipinski definition) is 3. The van der Waals surface area contributed by atoms with Crippen LogP contribution in [0.5, 0.6) is 17.2 Å². The quantitative estimate of drug-likeness (QED) is 0.365. The Kier molecular flexibility index (Phi) is 4.76. The van der Waals surface area contributed by atoms with Crippen LogP contribution in [0.3, 0.4) is 0 Å². The molecular weight excluding hydrogens is 432 g/mol. The van der Waals surface area contributed by atoms with E-state index in [4.69, 9.17) is 14.2 Å². The Labute approximate surface area is 196 Å². The van der Waals surface area contributed by atoms with Crippen molar-refractivity contribution in [3.05, 3.63) is 58.4 Å². The molecule has 0 aliphatic heterocycles. The SMILES string of the molecule is COc1ccc2[nH]c3c(c2c1)CCC[C@@H]3NC(=O)c1[nH]nc2c1Cc1cc(OC)c(OC)cc1-2. The van der Waals surface area contributed by atoms with Crippen LogP contribution < -0.4 is 19.5 Å². The molecule has 2 aliphatic rings. The molecule has 2 aromatic carbocycles. The van der Waals surface area contributed by atoms with Gasteiger partial charge in [-0.3, -0.25) is 9.89 Å². The van der Waals surface area contributed by atoms with Gasteiger partial charge < -0.3 is 24.5 Å². The Bertz CT molecular complexity index is 1430. The van der Waals surface area contributed by atoms with E-state index in [0.717, 1.165) is 64.0 Å². The van der Waals surface area contributed by atoms with Crippen molar-refractivity contribution in [3.63, 3.8) is 0 Å². The van der Waals surface area contributed by atoms with E-state index < -0.39 is 0 Å². The summed E-state index contributed by atoms with van der Waals surface area (Å²) in [5, 5.41) is 11.9. The molecule has 0 spiro atoms. The number of aromatic amines is 2. The van der Waals surface area contributed by atoms with Gasteiger partial charge in [0.15, 0.2) is 11.5 Å². The van der Waals surface area contributed by atoms with E-state index in [-0.39, 0.29) is 11.9 Å². The first-order valence-corrected chi connectivity index (χ1v) is 11.4. The zero-order chi connectivity index (χ0) is 23.4. The second-order valence-electron chi connectivity index (χ2n) is 8.81. The lowest BCUT2D eigenvalue weighted by Gasteiger charge is -2.23. The third kappa shape index (κ3) is 3.05. The zero-order valence-corrected chi connectivity index (χ0v) is 19.4. The summed E-state index contributed by atoms with van der Waals surface area (Å²) < 4.78 is 16.3. The zero-order valence-electron chi connectivity index (χ0n) is 19.4. The fraction of sp³-hybridized carbons (Fsp3) is 0.308. The van der Waals surface area contributed by atoms with Gasteiger partial charge >= 0.3 is 0 Å². The van der Waals surface area contributed by atoms with Crippen LogP contribution in [0.25, 0.3) is 22.2 Å². The highest BCUT2D eigenvalue weighted by atomic mass is 16.5. The van der Waals surface area contributed by atoms with Gasteiger partial charge in [0.25, 0.3) is 5.91 Å². The summed E-state index contributed by atoms with van der Waals surface area (Å²) in [6.45, 7) is 0. The number of nitrogens with zero attached hydrogens (tertiary/aromatic N) is 1. The molecule has 0 saturated carbocycles. The first-order chi connectivity index (χ1) is 16.6. The molecule has 0 saturated heterocycles. The van der Waals surface area contributed by atoms with Gasteiger partial charge in [-0.25, -0.2) is 0 Å². The molecule has 0 radical (unpaired) electrons. The van der Waals surface area contributed by atoms with Crippen LogP contribution in [0.15, 0.2) is 30.3 Å². The van der Waals surface area contributed by atoms with Crippen molar-refractivity contribution < 1.29 is 19.0 Å². The van der Waals surface area contributed by atoms with Gasteiger partial charge in [-0.15, -0.1) is 0 Å². The van der Waals surface area contributed by atoms with Crippen LogP contribution in [-0.4, -0.2) is 42.4 Å². The van der Waals surface area contributed by atoms with Crippen LogP contribution in [0.4, 0.5) is 0 Å². The molecular formula is C26H26N4O4. The van der Waals surface area contributed by atoms with Crippen molar-refractivity contribution in [1.29, 1.82) is 0 Å². The highest BCUT2D eigenvalue weighted by Gasteiger charge is 2.32. The standard InChI is InChI=1S/C26H26N4O4/c1-32-14-7-8-19-17(11-14)15-5-4-6-20(24(15)27-19)28-26(31)25-18-9-13-10-21(33-2)22(34-3)12-16(13)23(18)29-30-25/h7-8,10-12,20,27H,4-6,9H2,1-3H3,(H,28,31)(H,29,30)/t20-/m0/s1. The monoisotopic (exact) mass is 458 g/mol. The van der Waals surface area contributed by atoms with Crippen LogP contribution >= 0.6 is 0 Å². The van der Waals surface area contributed by atoms with Gasteiger partial charge in [-0.2, -0.15) is 5.10 Å². The van der Waals surface area contributed by atoms with Gasteiger partial charge in [0.1, 0.15) is 11.4 Å². The second-order valence-corrected chi connectivity index (χ2v) is 8.81. The molecule has 1 amide bonds. The topological polar surface area (TPSA) is 101 Å². The summed E-state index contributed by atoms with van der Waals surface area (Å²) in [7, 11) is 4.91. The number of amides is 1. The van der Waals surface area contributed by atoms with Gasteiger partial charge in [0.2, 0.25) is 0 Å². The highest BCUT2D eigenvalue weighted by Crippen LogP contribution is 2.43. The number of H-pyrrole nitrogens is 2. The van der Waals surface area contributed by atoms with Gasteiger partial charge in [0, 0.05) is 34.1 Å². The smallest absolute Gasteiger partial charge is 0.270 e. The maximum absolute atomic E-state index is 13.4. The molecule has 8 heteroatoms. The van der Waals surface area contributed by atoms with Gasteiger partial charge in [-0.05, 0) is 60.7 Å². The summed E-state index contributed by atoms with van der Waals surface area (Å²) in [4.78, 5) is 16.9. The van der Waals surface area contributed by atoms with Gasteiger partial charge in [-0.1, -0.05) is 0 Å². The number of rotatable bonds is 5. The van der Waals surface area contributed by atoms with Crippen molar-refractivity contribution >= 4 is 16.8 Å². The van der Waals surface area contributed by atoms with E-state index in [1.807, 2.05) is 24.3 Å². The molecule has 4 aromatic rings. The number of nitrogens with one attached hydrogen (secondary N) is 3. The number of ether oxygens (including phenoxy) is 3. The van der Waals surface area contributed by atoms with Crippen LogP contribution in [-0.2, 0) is 12.8 Å². The number of methoxy groups -OCH3 is 3. The predicted octanol–water partition coefficient (Wildman–Crippen LogP) is 4.30. The maximum atomic E-state index is 13.4. The highest BCUT2D eigenvalue weighted by molar-refractivity contribution is 5.97. The Morgan fingerprint density at radius 3 is 2.68 bits per heavy atom. The molecule has 1 atom stereocenters. The molecule has 2 aliphatic carbocycles. The largest absolute Gasteiger partial charge is 0.497 e. The lowest BCUT2D eigenvalue weighted by molar-refractivity contribution is 0.0926. The van der Waals surface area contributed by atoms with Gasteiger partial charge in [0.05, 0.1) is 33.1 Å². The lowest BCUT2D eigenvalue weighted by Crippen LogP contribution is -2.31. The fourth-order valence-corrected chi connectivity index (χ4v) is 5.37. The number of hydrogen-bond acceptors (Lipinski definition) is 5. The van der Waals surface area contributed by atoms with E-state index in [0.29, 0.717) is 23.6 Å². The van der Waals surface area contributed by atoms with Crippen LogP contribution in [0.1, 0.15) is 51.8 Å². The maximum Gasteiger partial charge on any atom is 0.270 e. The summed E-state index contributed by atoms with van der Waals surface area (Å²) in [6.07, 6.45) is 3.49. The van der Waals surface area contributed by atoms with Crippen molar-refractivity contribution in [2.24, 2.45) is 0 Å². The average molecular weight is 459 g/mol. The van der Waals surface area contributed by atoms with Crippen LogP contribution in [0.2, 0.25) is 0 Å². The van der Waals surface area contributed by atoms with Crippen LogP contribution in [0, 0.1) is 0 Å². The van der Waals surface area contributed by atoms with E-state index in [1.54, 1.807) is 21.3 Å². The predicted molar refractivity (Wildman–Crippen MR) is 128 cm³/mol. The Morgan fingerprint density at radius 1 is 1.06 bits per heavy atom. The molecule has 3 N–H and O–H groups in total. The minimum absolute atomic E-state index is 0.0856. The van der Waals surface area contributed by atoms with Crippen molar-refractivity contribution in [3.8, 4) is 28.5 Å². The number of carbonyl (C=O) groups excluding carboxylic acids is 1. The average Bonchev–Trinajstić information content (AvgIpc) is 3.54. The van der Waals surface area contributed by atoms with E-state index in [9.17, 15) is 4.79 Å². The number of fused-ring (bicyclic) bond motifs is 6. The number of aryl methyl sites for hydroxylation is 1. The van der Waals surface area contributed by atoms with Crippen molar-refractivity contribution in [2.45, 2.75) is 31.7 Å². The number of aromatic nitrogens is 3.